The highest BCUT2D eigenvalue weighted by Gasteiger charge is 2.13. The van der Waals surface area contributed by atoms with Crippen molar-refractivity contribution < 1.29 is 9.47 Å². The smallest absolute Gasteiger partial charge is 0.191 e. The minimum Gasteiger partial charge on any atom is -0.381 e. The van der Waals surface area contributed by atoms with Crippen LogP contribution in [0.5, 0.6) is 0 Å². The van der Waals surface area contributed by atoms with Crippen LogP contribution in [0.15, 0.2) is 29.3 Å². The maximum absolute atomic E-state index is 5.82. The highest BCUT2D eigenvalue weighted by molar-refractivity contribution is 5.79. The molecule has 3 rings (SSSR count). The number of guanidine groups is 1. The highest BCUT2D eigenvalue weighted by Crippen LogP contribution is 2.15. The number of nitrogens with one attached hydrogen (secondary N) is 2. The molecule has 2 fully saturated rings. The molecule has 2 saturated heterocycles. The second-order valence-corrected chi connectivity index (χ2v) is 8.14. The Morgan fingerprint density at radius 3 is 2.55 bits per heavy atom. The van der Waals surface area contributed by atoms with Crippen molar-refractivity contribution in [3.63, 3.8) is 0 Å². The summed E-state index contributed by atoms with van der Waals surface area (Å²) < 4.78 is 11.2. The molecule has 6 heteroatoms. The molecule has 162 valence electrons. The van der Waals surface area contributed by atoms with Gasteiger partial charge >= 0.3 is 0 Å². The van der Waals surface area contributed by atoms with E-state index in [1.807, 2.05) is 7.05 Å². The maximum atomic E-state index is 5.82. The van der Waals surface area contributed by atoms with Crippen LogP contribution in [0.25, 0.3) is 0 Å². The van der Waals surface area contributed by atoms with Gasteiger partial charge in [0.05, 0.1) is 0 Å². The van der Waals surface area contributed by atoms with Crippen LogP contribution in [0.3, 0.4) is 0 Å². The number of ether oxygens (including phenoxy) is 2. The molecule has 0 atom stereocenters. The van der Waals surface area contributed by atoms with Crippen LogP contribution >= 0.6 is 0 Å². The zero-order valence-electron chi connectivity index (χ0n) is 18.0. The fraction of sp³-hybridized carbons (Fsp3) is 0.696. The first kappa shape index (κ1) is 22.1. The van der Waals surface area contributed by atoms with E-state index >= 15 is 0 Å². The summed E-state index contributed by atoms with van der Waals surface area (Å²) in [5.74, 6) is 1.52. The molecular formula is C23H38N4O2. The summed E-state index contributed by atoms with van der Waals surface area (Å²) in [6.45, 7) is 8.64. The van der Waals surface area contributed by atoms with Gasteiger partial charge in [-0.1, -0.05) is 24.3 Å². The highest BCUT2D eigenvalue weighted by atomic mass is 16.5. The van der Waals surface area contributed by atoms with Gasteiger partial charge in [0.25, 0.3) is 0 Å². The lowest BCUT2D eigenvalue weighted by molar-refractivity contribution is 0.0203. The van der Waals surface area contributed by atoms with Crippen molar-refractivity contribution in [1.29, 1.82) is 0 Å². The fourth-order valence-corrected chi connectivity index (χ4v) is 3.91. The van der Waals surface area contributed by atoms with Crippen molar-refractivity contribution in [2.45, 2.75) is 45.2 Å². The maximum Gasteiger partial charge on any atom is 0.191 e. The number of likely N-dealkylation sites (tertiary alicyclic amines) is 1. The molecule has 0 aromatic heterocycles. The van der Waals surface area contributed by atoms with Gasteiger partial charge in [0.15, 0.2) is 5.96 Å². The Balaban J connectivity index is 1.25. The standard InChI is InChI=1S/C23H38N4O2/c1-24-23(25-11-4-14-29-19-22-9-15-28-16-10-22)26-17-20-5-7-21(8-6-20)18-27-12-2-3-13-27/h5-8,22H,2-4,9-19H2,1H3,(H2,24,25,26). The summed E-state index contributed by atoms with van der Waals surface area (Å²) in [7, 11) is 1.82. The van der Waals surface area contributed by atoms with Gasteiger partial charge in [-0.05, 0) is 62.2 Å². The van der Waals surface area contributed by atoms with Gasteiger partial charge in [0.2, 0.25) is 0 Å². The van der Waals surface area contributed by atoms with E-state index in [-0.39, 0.29) is 0 Å². The molecule has 0 radical (unpaired) electrons. The van der Waals surface area contributed by atoms with Crippen molar-refractivity contribution in [2.24, 2.45) is 10.9 Å². The molecule has 2 heterocycles. The van der Waals surface area contributed by atoms with Crippen LogP contribution in [0, 0.1) is 5.92 Å². The Morgan fingerprint density at radius 1 is 1.10 bits per heavy atom. The quantitative estimate of drug-likeness (QED) is 0.358. The molecule has 2 aliphatic heterocycles. The van der Waals surface area contributed by atoms with Crippen LogP contribution in [-0.4, -0.2) is 64.0 Å². The summed E-state index contributed by atoms with van der Waals surface area (Å²) in [6, 6.07) is 8.94. The molecule has 0 amide bonds. The lowest BCUT2D eigenvalue weighted by Crippen LogP contribution is -2.37. The molecule has 0 spiro atoms. The topological polar surface area (TPSA) is 58.1 Å². The minimum absolute atomic E-state index is 0.674. The third kappa shape index (κ3) is 8.33. The van der Waals surface area contributed by atoms with Crippen molar-refractivity contribution in [2.75, 3.05) is 53.1 Å². The van der Waals surface area contributed by atoms with Gasteiger partial charge in [-0.3, -0.25) is 9.89 Å². The average Bonchev–Trinajstić information content (AvgIpc) is 3.27. The minimum atomic E-state index is 0.674. The molecular weight excluding hydrogens is 364 g/mol. The molecule has 6 nitrogen and oxygen atoms in total. The SMILES string of the molecule is CN=C(NCCCOCC1CCOCC1)NCc1ccc(CN2CCCC2)cc1. The zero-order chi connectivity index (χ0) is 20.2. The van der Waals surface area contributed by atoms with E-state index in [1.54, 1.807) is 0 Å². The van der Waals surface area contributed by atoms with Crippen LogP contribution in [0.1, 0.15) is 43.2 Å². The first-order valence-electron chi connectivity index (χ1n) is 11.2. The van der Waals surface area contributed by atoms with E-state index in [1.165, 1.54) is 37.1 Å². The Bertz CT molecular complexity index is 593. The van der Waals surface area contributed by atoms with Crippen molar-refractivity contribution in [1.82, 2.24) is 15.5 Å². The van der Waals surface area contributed by atoms with E-state index in [0.29, 0.717) is 5.92 Å². The summed E-state index contributed by atoms with van der Waals surface area (Å²) in [5.41, 5.74) is 2.68. The van der Waals surface area contributed by atoms with E-state index < -0.39 is 0 Å². The van der Waals surface area contributed by atoms with Gasteiger partial charge in [-0.2, -0.15) is 0 Å². The predicted molar refractivity (Wildman–Crippen MR) is 118 cm³/mol. The Morgan fingerprint density at radius 2 is 1.83 bits per heavy atom. The first-order valence-corrected chi connectivity index (χ1v) is 11.2. The van der Waals surface area contributed by atoms with Crippen molar-refractivity contribution in [3.05, 3.63) is 35.4 Å². The molecule has 2 N–H and O–H groups in total. The normalized spacial score (nSPS) is 18.9. The van der Waals surface area contributed by atoms with Crippen LogP contribution in [-0.2, 0) is 22.6 Å². The number of hydrogen-bond donors (Lipinski definition) is 2. The predicted octanol–water partition coefficient (Wildman–Crippen LogP) is 2.78. The molecule has 0 aliphatic carbocycles. The zero-order valence-corrected chi connectivity index (χ0v) is 18.0. The number of nitrogens with zero attached hydrogens (tertiary/aromatic N) is 2. The number of benzene rings is 1. The van der Waals surface area contributed by atoms with Gasteiger partial charge in [0.1, 0.15) is 0 Å². The third-order valence-corrected chi connectivity index (χ3v) is 5.76. The first-order chi connectivity index (χ1) is 14.3. The fourth-order valence-electron chi connectivity index (χ4n) is 3.91. The van der Waals surface area contributed by atoms with E-state index in [9.17, 15) is 0 Å². The molecule has 1 aromatic carbocycles. The molecule has 29 heavy (non-hydrogen) atoms. The largest absolute Gasteiger partial charge is 0.381 e. The van der Waals surface area contributed by atoms with E-state index in [4.69, 9.17) is 9.47 Å². The molecule has 2 aliphatic rings. The van der Waals surface area contributed by atoms with Crippen LogP contribution < -0.4 is 10.6 Å². The lowest BCUT2D eigenvalue weighted by Gasteiger charge is -2.21. The van der Waals surface area contributed by atoms with Crippen molar-refractivity contribution in [3.8, 4) is 0 Å². The summed E-state index contributed by atoms with van der Waals surface area (Å²) >= 11 is 0. The number of rotatable bonds is 10. The average molecular weight is 403 g/mol. The molecule has 0 saturated carbocycles. The van der Waals surface area contributed by atoms with Crippen LogP contribution in [0.4, 0.5) is 0 Å². The molecule has 1 aromatic rings. The summed E-state index contributed by atoms with van der Waals surface area (Å²) in [4.78, 5) is 6.85. The number of hydrogen-bond acceptors (Lipinski definition) is 4. The van der Waals surface area contributed by atoms with Crippen molar-refractivity contribution >= 4 is 5.96 Å². The van der Waals surface area contributed by atoms with Gasteiger partial charge < -0.3 is 20.1 Å². The second kappa shape index (κ2) is 12.8. The second-order valence-electron chi connectivity index (χ2n) is 8.14. The van der Waals surface area contributed by atoms with Gasteiger partial charge in [-0.25, -0.2) is 0 Å². The third-order valence-electron chi connectivity index (χ3n) is 5.76. The Labute approximate surface area is 176 Å². The molecule has 0 bridgehead atoms. The lowest BCUT2D eigenvalue weighted by atomic mass is 10.0. The number of aliphatic imine (C=N–C) groups is 1. The monoisotopic (exact) mass is 402 g/mol. The van der Waals surface area contributed by atoms with Crippen LogP contribution in [0.2, 0.25) is 0 Å². The van der Waals surface area contributed by atoms with Gasteiger partial charge in [-0.15, -0.1) is 0 Å². The Kier molecular flexibility index (Phi) is 9.76. The van der Waals surface area contributed by atoms with E-state index in [2.05, 4.69) is 44.8 Å². The Hall–Kier alpha value is -1.63. The van der Waals surface area contributed by atoms with Gasteiger partial charge in [0, 0.05) is 53.1 Å². The van der Waals surface area contributed by atoms with E-state index in [0.717, 1.165) is 71.3 Å². The summed E-state index contributed by atoms with van der Waals surface area (Å²) in [5, 5.41) is 6.76. The summed E-state index contributed by atoms with van der Waals surface area (Å²) in [6.07, 6.45) is 5.93. The molecule has 0 unspecified atom stereocenters.